The number of nitrogens with zero attached hydrogens (tertiary/aromatic N) is 1. The molecule has 154 valence electrons. The first-order valence-corrected chi connectivity index (χ1v) is 10.8. The van der Waals surface area contributed by atoms with Crippen molar-refractivity contribution in [1.29, 1.82) is 0 Å². The van der Waals surface area contributed by atoms with Crippen LogP contribution in [0.15, 0.2) is 84.2 Å². The average molecular weight is 448 g/mol. The van der Waals surface area contributed by atoms with Crippen molar-refractivity contribution in [3.8, 4) is 11.1 Å². The normalized spacial score (nSPS) is 10.5. The molecule has 0 radical (unpaired) electrons. The summed E-state index contributed by atoms with van der Waals surface area (Å²) in [7, 11) is 0. The molecule has 0 spiro atoms. The summed E-state index contributed by atoms with van der Waals surface area (Å²) >= 11 is 7.13. The number of halogens is 1. The van der Waals surface area contributed by atoms with Gasteiger partial charge in [0.15, 0.2) is 5.13 Å². The Balaban J connectivity index is 1.40. The number of rotatable bonds is 6. The van der Waals surface area contributed by atoms with Gasteiger partial charge in [0.25, 0.3) is 5.91 Å². The minimum Gasteiger partial charge on any atom is -0.325 e. The smallest absolute Gasteiger partial charge is 0.257 e. The molecule has 0 atom stereocenters. The summed E-state index contributed by atoms with van der Waals surface area (Å²) in [4.78, 5) is 29.3. The van der Waals surface area contributed by atoms with Crippen molar-refractivity contribution in [1.82, 2.24) is 4.98 Å². The minimum absolute atomic E-state index is 0.108. The molecule has 0 fully saturated rings. The molecule has 1 heterocycles. The summed E-state index contributed by atoms with van der Waals surface area (Å²) in [5, 5.41) is 8.47. The maximum atomic E-state index is 12.6. The summed E-state index contributed by atoms with van der Waals surface area (Å²) in [5.74, 6) is -0.455. The second kappa shape index (κ2) is 9.55. The molecule has 2 amide bonds. The Bertz CT molecular complexity index is 1210. The van der Waals surface area contributed by atoms with Crippen molar-refractivity contribution in [2.45, 2.75) is 6.42 Å². The monoisotopic (exact) mass is 447 g/mol. The van der Waals surface area contributed by atoms with E-state index < -0.39 is 0 Å². The molecule has 0 unspecified atom stereocenters. The van der Waals surface area contributed by atoms with Gasteiger partial charge in [-0.2, -0.15) is 0 Å². The standard InChI is InChI=1S/C24H18ClN3O2S/c25-18-12-10-17(11-13-18)23(30)28-24-26-19(15-31-24)14-22(29)27-21-9-5-4-8-20(21)16-6-2-1-3-7-16/h1-13,15H,14H2,(H,27,29)(H,26,28,30). The van der Waals surface area contributed by atoms with Crippen molar-refractivity contribution < 1.29 is 9.59 Å². The molecule has 0 bridgehead atoms. The van der Waals surface area contributed by atoms with Gasteiger partial charge in [-0.05, 0) is 35.9 Å². The van der Waals surface area contributed by atoms with E-state index in [1.54, 1.807) is 29.6 Å². The fourth-order valence-electron chi connectivity index (χ4n) is 3.04. The van der Waals surface area contributed by atoms with Gasteiger partial charge < -0.3 is 5.32 Å². The van der Waals surface area contributed by atoms with E-state index in [-0.39, 0.29) is 18.2 Å². The topological polar surface area (TPSA) is 71.1 Å². The Morgan fingerprint density at radius 1 is 0.871 bits per heavy atom. The van der Waals surface area contributed by atoms with Crippen molar-refractivity contribution in [3.05, 3.63) is 101 Å². The fraction of sp³-hybridized carbons (Fsp3) is 0.0417. The number of amides is 2. The van der Waals surface area contributed by atoms with Crippen LogP contribution >= 0.6 is 22.9 Å². The molecule has 0 saturated heterocycles. The van der Waals surface area contributed by atoms with E-state index in [0.717, 1.165) is 16.8 Å². The summed E-state index contributed by atoms with van der Waals surface area (Å²) in [6.07, 6.45) is 0.108. The fourth-order valence-corrected chi connectivity index (χ4v) is 3.87. The zero-order chi connectivity index (χ0) is 21.6. The number of anilines is 2. The maximum absolute atomic E-state index is 12.6. The molecule has 4 aromatic rings. The molecule has 2 N–H and O–H groups in total. The van der Waals surface area contributed by atoms with Crippen LogP contribution in [0.4, 0.5) is 10.8 Å². The van der Waals surface area contributed by atoms with E-state index in [1.165, 1.54) is 11.3 Å². The van der Waals surface area contributed by atoms with Crippen LogP contribution in [-0.2, 0) is 11.2 Å². The van der Waals surface area contributed by atoms with Crippen LogP contribution in [0.1, 0.15) is 16.1 Å². The predicted octanol–water partition coefficient (Wildman–Crippen LogP) is 5.90. The highest BCUT2D eigenvalue weighted by Gasteiger charge is 2.13. The number of hydrogen-bond donors (Lipinski definition) is 2. The van der Waals surface area contributed by atoms with E-state index in [0.29, 0.717) is 21.4 Å². The number of carbonyl (C=O) groups is 2. The predicted molar refractivity (Wildman–Crippen MR) is 126 cm³/mol. The van der Waals surface area contributed by atoms with Crippen LogP contribution in [-0.4, -0.2) is 16.8 Å². The number of thiazole rings is 1. The van der Waals surface area contributed by atoms with Crippen LogP contribution < -0.4 is 10.6 Å². The third-order valence-electron chi connectivity index (χ3n) is 4.51. The van der Waals surface area contributed by atoms with Gasteiger partial charge in [-0.15, -0.1) is 11.3 Å². The lowest BCUT2D eigenvalue weighted by Crippen LogP contribution is -2.15. The number of aromatic nitrogens is 1. The van der Waals surface area contributed by atoms with Gasteiger partial charge in [0.05, 0.1) is 12.1 Å². The zero-order valence-electron chi connectivity index (χ0n) is 16.3. The number of hydrogen-bond acceptors (Lipinski definition) is 4. The number of carbonyl (C=O) groups excluding carboxylic acids is 2. The summed E-state index contributed by atoms with van der Waals surface area (Å²) < 4.78 is 0. The molecule has 31 heavy (non-hydrogen) atoms. The lowest BCUT2D eigenvalue weighted by molar-refractivity contribution is -0.115. The van der Waals surface area contributed by atoms with E-state index in [2.05, 4.69) is 15.6 Å². The van der Waals surface area contributed by atoms with E-state index in [4.69, 9.17) is 11.6 Å². The molecule has 0 saturated carbocycles. The zero-order valence-corrected chi connectivity index (χ0v) is 17.9. The Labute approximate surface area is 188 Å². The van der Waals surface area contributed by atoms with Crippen molar-refractivity contribution >= 4 is 45.6 Å². The van der Waals surface area contributed by atoms with Crippen LogP contribution in [0.5, 0.6) is 0 Å². The summed E-state index contributed by atoms with van der Waals surface area (Å²) in [6.45, 7) is 0. The van der Waals surface area contributed by atoms with E-state index in [1.807, 2.05) is 54.6 Å². The quantitative estimate of drug-likeness (QED) is 0.386. The highest BCUT2D eigenvalue weighted by Crippen LogP contribution is 2.27. The first-order chi connectivity index (χ1) is 15.1. The molecular weight excluding hydrogens is 430 g/mol. The van der Waals surface area contributed by atoms with Crippen LogP contribution in [0.3, 0.4) is 0 Å². The van der Waals surface area contributed by atoms with Crippen LogP contribution in [0.2, 0.25) is 5.02 Å². The Morgan fingerprint density at radius 3 is 2.35 bits per heavy atom. The number of nitrogens with one attached hydrogen (secondary N) is 2. The van der Waals surface area contributed by atoms with E-state index in [9.17, 15) is 9.59 Å². The first kappa shape index (κ1) is 20.8. The maximum Gasteiger partial charge on any atom is 0.257 e. The Kier molecular flexibility index (Phi) is 6.40. The largest absolute Gasteiger partial charge is 0.325 e. The molecule has 5 nitrogen and oxygen atoms in total. The molecule has 0 aliphatic rings. The van der Waals surface area contributed by atoms with Gasteiger partial charge in [0.2, 0.25) is 5.91 Å². The van der Waals surface area contributed by atoms with Gasteiger partial charge >= 0.3 is 0 Å². The second-order valence-electron chi connectivity index (χ2n) is 6.74. The second-order valence-corrected chi connectivity index (χ2v) is 8.04. The highest BCUT2D eigenvalue weighted by molar-refractivity contribution is 7.14. The Morgan fingerprint density at radius 2 is 1.58 bits per heavy atom. The first-order valence-electron chi connectivity index (χ1n) is 9.54. The van der Waals surface area contributed by atoms with E-state index >= 15 is 0 Å². The van der Waals surface area contributed by atoms with Gasteiger partial charge in [-0.3, -0.25) is 14.9 Å². The number of benzene rings is 3. The van der Waals surface area contributed by atoms with Crippen molar-refractivity contribution in [2.75, 3.05) is 10.6 Å². The van der Waals surface area contributed by atoms with Gasteiger partial charge in [-0.25, -0.2) is 4.98 Å². The molecule has 3 aromatic carbocycles. The van der Waals surface area contributed by atoms with Gasteiger partial charge in [0.1, 0.15) is 0 Å². The van der Waals surface area contributed by atoms with Crippen LogP contribution in [0.25, 0.3) is 11.1 Å². The minimum atomic E-state index is -0.279. The molecular formula is C24H18ClN3O2S. The molecule has 0 aliphatic heterocycles. The summed E-state index contributed by atoms with van der Waals surface area (Å²) in [5.41, 5.74) is 3.79. The Hall–Kier alpha value is -3.48. The molecule has 0 aliphatic carbocycles. The molecule has 4 rings (SSSR count). The molecule has 7 heteroatoms. The van der Waals surface area contributed by atoms with Crippen LogP contribution in [0, 0.1) is 0 Å². The summed E-state index contributed by atoms with van der Waals surface area (Å²) in [6, 6.07) is 24.1. The molecule has 1 aromatic heterocycles. The lowest BCUT2D eigenvalue weighted by atomic mass is 10.0. The SMILES string of the molecule is O=C(Cc1csc(NC(=O)c2ccc(Cl)cc2)n1)Nc1ccccc1-c1ccccc1. The van der Waals surface area contributed by atoms with Crippen molar-refractivity contribution in [2.24, 2.45) is 0 Å². The lowest BCUT2D eigenvalue weighted by Gasteiger charge is -2.11. The third kappa shape index (κ3) is 5.36. The highest BCUT2D eigenvalue weighted by atomic mass is 35.5. The van der Waals surface area contributed by atoms with Crippen molar-refractivity contribution in [3.63, 3.8) is 0 Å². The average Bonchev–Trinajstić information content (AvgIpc) is 3.21. The van der Waals surface area contributed by atoms with Gasteiger partial charge in [-0.1, -0.05) is 60.1 Å². The van der Waals surface area contributed by atoms with Gasteiger partial charge in [0, 0.05) is 27.2 Å². The number of para-hydroxylation sites is 1. The third-order valence-corrected chi connectivity index (χ3v) is 5.56.